The van der Waals surface area contributed by atoms with Crippen LogP contribution in [0.5, 0.6) is 0 Å². The van der Waals surface area contributed by atoms with Crippen molar-refractivity contribution in [2.24, 2.45) is 5.92 Å². The highest BCUT2D eigenvalue weighted by Gasteiger charge is 2.59. The van der Waals surface area contributed by atoms with Gasteiger partial charge < -0.3 is 4.57 Å². The van der Waals surface area contributed by atoms with Crippen LogP contribution in [0.4, 0.5) is 0 Å². The van der Waals surface area contributed by atoms with Crippen LogP contribution in [0.1, 0.15) is 45.1 Å². The lowest BCUT2D eigenvalue weighted by atomic mass is 9.76. The predicted octanol–water partition coefficient (Wildman–Crippen LogP) is 6.07. The van der Waals surface area contributed by atoms with Crippen molar-refractivity contribution >= 4 is 17.8 Å². The summed E-state index contributed by atoms with van der Waals surface area (Å²) in [5.41, 5.74) is 2.52. The van der Waals surface area contributed by atoms with Gasteiger partial charge in [-0.25, -0.2) is 0 Å². The third-order valence-electron chi connectivity index (χ3n) is 6.27. The minimum Gasteiger partial charge on any atom is -0.313 e. The number of hydrogen-bond acceptors (Lipinski definition) is 1. The van der Waals surface area contributed by atoms with Crippen LogP contribution in [0.25, 0.3) is 5.31 Å². The smallest absolute Gasteiger partial charge is 0.149 e. The second kappa shape index (κ2) is 5.74. The van der Waals surface area contributed by atoms with Gasteiger partial charge in [0.05, 0.1) is 0 Å². The van der Waals surface area contributed by atoms with E-state index in [1.165, 1.54) is 24.8 Å². The van der Waals surface area contributed by atoms with E-state index in [2.05, 4.69) is 50.2 Å². The summed E-state index contributed by atoms with van der Waals surface area (Å²) in [5.74, 6) is 0.451. The summed E-state index contributed by atoms with van der Waals surface area (Å²) in [6.07, 6.45) is 4.70. The van der Waals surface area contributed by atoms with Crippen LogP contribution in [0.15, 0.2) is 66.2 Å². The second-order valence-electron chi connectivity index (χ2n) is 7.50. The average Bonchev–Trinajstić information content (AvgIpc) is 2.81. The van der Waals surface area contributed by atoms with Crippen LogP contribution >= 0.6 is 7.14 Å². The monoisotopic (exact) mass is 336 g/mol. The second-order valence-corrected chi connectivity index (χ2v) is 10.7. The van der Waals surface area contributed by atoms with E-state index in [0.717, 1.165) is 22.6 Å². The van der Waals surface area contributed by atoms with Crippen LogP contribution in [0.3, 0.4) is 0 Å². The van der Waals surface area contributed by atoms with E-state index in [1.807, 2.05) is 24.3 Å². The maximum Gasteiger partial charge on any atom is 0.149 e. The van der Waals surface area contributed by atoms with Gasteiger partial charge in [-0.2, -0.15) is 0 Å². The Morgan fingerprint density at radius 1 is 0.958 bits per heavy atom. The molecule has 2 heteroatoms. The summed E-state index contributed by atoms with van der Waals surface area (Å²) in [6, 6.07) is 20.7. The molecule has 0 saturated heterocycles. The van der Waals surface area contributed by atoms with Crippen LogP contribution in [-0.2, 0) is 4.57 Å². The molecule has 1 saturated carbocycles. The Morgan fingerprint density at radius 3 is 2.25 bits per heavy atom. The first-order valence-corrected chi connectivity index (χ1v) is 10.7. The minimum atomic E-state index is -2.67. The highest BCUT2D eigenvalue weighted by atomic mass is 31.2. The molecule has 24 heavy (non-hydrogen) atoms. The highest BCUT2D eigenvalue weighted by Crippen LogP contribution is 2.78. The van der Waals surface area contributed by atoms with E-state index >= 15 is 0 Å². The largest absolute Gasteiger partial charge is 0.313 e. The van der Waals surface area contributed by atoms with Gasteiger partial charge in [0, 0.05) is 15.8 Å². The lowest BCUT2D eigenvalue weighted by molar-refractivity contribution is 0.322. The summed E-state index contributed by atoms with van der Waals surface area (Å²) < 4.78 is 14.8. The molecule has 0 radical (unpaired) electrons. The molecule has 4 rings (SSSR count). The van der Waals surface area contributed by atoms with Gasteiger partial charge in [0.25, 0.3) is 0 Å². The third-order valence-corrected chi connectivity index (χ3v) is 10.5. The predicted molar refractivity (Wildman–Crippen MR) is 103 cm³/mol. The summed E-state index contributed by atoms with van der Waals surface area (Å²) in [6.45, 7) is 4.53. The van der Waals surface area contributed by atoms with Gasteiger partial charge in [0.15, 0.2) is 0 Å². The lowest BCUT2D eigenvalue weighted by Gasteiger charge is -2.42. The molecule has 0 aromatic heterocycles. The number of allylic oxidation sites excluding steroid dienone is 1. The third kappa shape index (κ3) is 2.04. The lowest BCUT2D eigenvalue weighted by Crippen LogP contribution is -2.37. The Morgan fingerprint density at radius 2 is 1.58 bits per heavy atom. The zero-order valence-electron chi connectivity index (χ0n) is 14.5. The number of rotatable bonds is 2. The molecule has 1 aliphatic heterocycles. The van der Waals surface area contributed by atoms with Crippen LogP contribution < -0.4 is 5.30 Å². The Labute approximate surface area is 145 Å². The quantitative estimate of drug-likeness (QED) is 0.608. The Kier molecular flexibility index (Phi) is 3.81. The fourth-order valence-electron chi connectivity index (χ4n) is 5.11. The van der Waals surface area contributed by atoms with E-state index in [1.54, 1.807) is 0 Å². The van der Waals surface area contributed by atoms with Gasteiger partial charge in [-0.05, 0) is 31.2 Å². The van der Waals surface area contributed by atoms with Crippen LogP contribution in [-0.4, -0.2) is 5.16 Å². The molecule has 2 aromatic carbocycles. The first kappa shape index (κ1) is 15.9. The van der Waals surface area contributed by atoms with Crippen molar-refractivity contribution in [3.63, 3.8) is 0 Å². The van der Waals surface area contributed by atoms with E-state index < -0.39 is 7.14 Å². The van der Waals surface area contributed by atoms with Crippen molar-refractivity contribution in [2.45, 2.75) is 44.7 Å². The van der Waals surface area contributed by atoms with Gasteiger partial charge in [0.2, 0.25) is 0 Å². The number of fused-ring (bicyclic) bond motifs is 1. The fraction of sp³-hybridized carbons (Fsp3) is 0.364. The minimum absolute atomic E-state index is 0.123. The average molecular weight is 336 g/mol. The van der Waals surface area contributed by atoms with E-state index in [4.69, 9.17) is 0 Å². The maximum absolute atomic E-state index is 14.8. The van der Waals surface area contributed by atoms with Gasteiger partial charge in [-0.1, -0.05) is 86.0 Å². The first-order chi connectivity index (χ1) is 11.6. The number of benzene rings is 2. The van der Waals surface area contributed by atoms with Gasteiger partial charge in [-0.3, -0.25) is 0 Å². The number of hydrogen-bond donors (Lipinski definition) is 0. The molecular weight excluding hydrogens is 311 g/mol. The van der Waals surface area contributed by atoms with Gasteiger partial charge in [-0.15, -0.1) is 0 Å². The molecular formula is C22H25OP. The van der Waals surface area contributed by atoms with Crippen molar-refractivity contribution in [3.8, 4) is 0 Å². The van der Waals surface area contributed by atoms with Gasteiger partial charge in [0.1, 0.15) is 7.14 Å². The van der Waals surface area contributed by atoms with E-state index in [-0.39, 0.29) is 5.16 Å². The molecule has 3 atom stereocenters. The fourth-order valence-corrected chi connectivity index (χ4v) is 9.46. The zero-order chi connectivity index (χ0) is 16.8. The molecule has 0 N–H and O–H groups in total. The molecule has 124 valence electrons. The SMILES string of the molecule is CC1=C(c2ccccc2)[P@](=O)(c2ccccc2)[C@]2(C)CCCC[C@@H]12. The Balaban J connectivity index is 2.01. The van der Waals surface area contributed by atoms with Crippen molar-refractivity contribution in [1.29, 1.82) is 0 Å². The molecule has 0 amide bonds. The summed E-state index contributed by atoms with van der Waals surface area (Å²) >= 11 is 0. The molecule has 1 nitrogen and oxygen atoms in total. The van der Waals surface area contributed by atoms with E-state index in [0.29, 0.717) is 5.92 Å². The normalized spacial score (nSPS) is 32.7. The highest BCUT2D eigenvalue weighted by molar-refractivity contribution is 7.83. The summed E-state index contributed by atoms with van der Waals surface area (Å²) in [5, 5.41) is 2.06. The van der Waals surface area contributed by atoms with Crippen LogP contribution in [0, 0.1) is 5.92 Å². The molecule has 0 bridgehead atoms. The van der Waals surface area contributed by atoms with E-state index in [9.17, 15) is 4.57 Å². The van der Waals surface area contributed by atoms with Crippen LogP contribution in [0.2, 0.25) is 0 Å². The Hall–Kier alpha value is -1.59. The summed E-state index contributed by atoms with van der Waals surface area (Å²) in [4.78, 5) is 0. The molecule has 1 heterocycles. The van der Waals surface area contributed by atoms with Gasteiger partial charge >= 0.3 is 0 Å². The van der Waals surface area contributed by atoms with Crippen molar-refractivity contribution in [1.82, 2.24) is 0 Å². The summed E-state index contributed by atoms with van der Waals surface area (Å²) in [7, 11) is -2.67. The zero-order valence-corrected chi connectivity index (χ0v) is 15.4. The van der Waals surface area contributed by atoms with Crippen molar-refractivity contribution < 1.29 is 4.57 Å². The maximum atomic E-state index is 14.8. The Bertz CT molecular complexity index is 822. The molecule has 0 unspecified atom stereocenters. The first-order valence-electron chi connectivity index (χ1n) is 9.01. The molecule has 1 aliphatic carbocycles. The van der Waals surface area contributed by atoms with Crippen molar-refractivity contribution in [2.75, 3.05) is 0 Å². The standard InChI is InChI=1S/C22H25OP/c1-17-20-15-9-10-16-22(20,2)24(23,19-13-7-4-8-14-19)21(17)18-11-5-3-6-12-18/h3-8,11-14,20H,9-10,15-16H2,1-2H3/t20-,22+,24+/m0/s1. The molecule has 0 spiro atoms. The molecule has 2 aromatic rings. The van der Waals surface area contributed by atoms with Crippen molar-refractivity contribution in [3.05, 3.63) is 71.8 Å². The topological polar surface area (TPSA) is 17.1 Å². The molecule has 1 fully saturated rings. The molecule has 2 aliphatic rings.